The summed E-state index contributed by atoms with van der Waals surface area (Å²) in [6.07, 6.45) is 2.88. The van der Waals surface area contributed by atoms with Gasteiger partial charge in [-0.25, -0.2) is 9.97 Å². The fourth-order valence-electron chi connectivity index (χ4n) is 2.85. The molecule has 0 radical (unpaired) electrons. The van der Waals surface area contributed by atoms with Gasteiger partial charge in [-0.1, -0.05) is 42.1 Å². The first kappa shape index (κ1) is 20.9. The van der Waals surface area contributed by atoms with Gasteiger partial charge in [-0.05, 0) is 37.7 Å². The minimum atomic E-state index is -0.413. The van der Waals surface area contributed by atoms with Crippen molar-refractivity contribution in [2.45, 2.75) is 44.3 Å². The molecule has 0 aliphatic heterocycles. The van der Waals surface area contributed by atoms with E-state index in [0.29, 0.717) is 12.8 Å². The highest BCUT2D eigenvalue weighted by molar-refractivity contribution is 7.98. The monoisotopic (exact) mass is 387 g/mol. The van der Waals surface area contributed by atoms with E-state index in [-0.39, 0.29) is 18.3 Å². The zero-order chi connectivity index (χ0) is 19.8. The molecule has 0 bridgehead atoms. The number of esters is 1. The molecule has 1 atom stereocenters. The number of carbonyl (C=O) groups is 2. The van der Waals surface area contributed by atoms with Crippen LogP contribution in [0.15, 0.2) is 35.5 Å². The van der Waals surface area contributed by atoms with Gasteiger partial charge in [-0.2, -0.15) is 0 Å². The van der Waals surface area contributed by atoms with Crippen molar-refractivity contribution in [2.75, 3.05) is 13.4 Å². The predicted octanol–water partition coefficient (Wildman–Crippen LogP) is 3.17. The van der Waals surface area contributed by atoms with E-state index in [1.54, 1.807) is 0 Å². The van der Waals surface area contributed by atoms with Crippen molar-refractivity contribution in [3.05, 3.63) is 52.8 Å². The average Bonchev–Trinajstić information content (AvgIpc) is 2.67. The summed E-state index contributed by atoms with van der Waals surface area (Å²) in [5.74, 6) is -0.489. The molecular weight excluding hydrogens is 362 g/mol. The van der Waals surface area contributed by atoms with Gasteiger partial charge in [-0.3, -0.25) is 9.59 Å². The van der Waals surface area contributed by atoms with Crippen molar-refractivity contribution in [3.63, 3.8) is 0 Å². The smallest absolute Gasteiger partial charge is 0.307 e. The molecule has 144 valence electrons. The molecule has 7 heteroatoms. The van der Waals surface area contributed by atoms with Gasteiger partial charge in [0, 0.05) is 17.8 Å². The van der Waals surface area contributed by atoms with E-state index in [2.05, 4.69) is 15.3 Å². The van der Waals surface area contributed by atoms with Crippen molar-refractivity contribution >= 4 is 23.6 Å². The topological polar surface area (TPSA) is 81.2 Å². The van der Waals surface area contributed by atoms with Gasteiger partial charge < -0.3 is 10.1 Å². The van der Waals surface area contributed by atoms with Crippen LogP contribution >= 0.6 is 11.8 Å². The minimum Gasteiger partial charge on any atom is -0.469 e. The van der Waals surface area contributed by atoms with Crippen LogP contribution in [0, 0.1) is 13.8 Å². The number of methoxy groups -OCH3 is 1. The van der Waals surface area contributed by atoms with Crippen LogP contribution in [0.5, 0.6) is 0 Å². The standard InChI is InChI=1S/C20H25N3O3S/c1-13-16(14(2)22-20(21-13)27-4)10-11-18(24)23-17(12-19(25)26-3)15-8-6-5-7-9-15/h5-9,17H,10-12H2,1-4H3,(H,23,24)/t17-/m0/s1. The summed E-state index contributed by atoms with van der Waals surface area (Å²) in [5, 5.41) is 3.68. The molecule has 1 aromatic carbocycles. The first-order valence-electron chi connectivity index (χ1n) is 8.73. The van der Waals surface area contributed by atoms with E-state index in [4.69, 9.17) is 4.74 Å². The Balaban J connectivity index is 2.05. The zero-order valence-corrected chi connectivity index (χ0v) is 16.9. The van der Waals surface area contributed by atoms with Crippen LogP contribution in [0.4, 0.5) is 0 Å². The number of benzene rings is 1. The second-order valence-electron chi connectivity index (χ2n) is 6.17. The van der Waals surface area contributed by atoms with Crippen molar-refractivity contribution in [1.82, 2.24) is 15.3 Å². The molecule has 0 aliphatic carbocycles. The molecule has 2 aromatic rings. The fraction of sp³-hybridized carbons (Fsp3) is 0.400. The highest BCUT2D eigenvalue weighted by Gasteiger charge is 2.19. The summed E-state index contributed by atoms with van der Waals surface area (Å²) < 4.78 is 4.76. The highest BCUT2D eigenvalue weighted by Crippen LogP contribution is 2.19. The average molecular weight is 388 g/mol. The van der Waals surface area contributed by atoms with E-state index in [1.807, 2.05) is 50.4 Å². The Hall–Kier alpha value is -2.41. The lowest BCUT2D eigenvalue weighted by molar-refractivity contribution is -0.141. The summed E-state index contributed by atoms with van der Waals surface area (Å²) in [6.45, 7) is 3.87. The Morgan fingerprint density at radius 1 is 1.15 bits per heavy atom. The van der Waals surface area contributed by atoms with Crippen LogP contribution in [-0.2, 0) is 20.7 Å². The zero-order valence-electron chi connectivity index (χ0n) is 16.1. The van der Waals surface area contributed by atoms with Crippen LogP contribution in [0.3, 0.4) is 0 Å². The molecule has 0 saturated heterocycles. The van der Waals surface area contributed by atoms with Crippen LogP contribution < -0.4 is 5.32 Å². The summed E-state index contributed by atoms with van der Waals surface area (Å²) in [4.78, 5) is 33.1. The number of ether oxygens (including phenoxy) is 1. The number of amides is 1. The SMILES string of the molecule is COC(=O)C[C@H](NC(=O)CCc1c(C)nc(SC)nc1C)c1ccccc1. The van der Waals surface area contributed by atoms with Crippen LogP contribution in [0.25, 0.3) is 0 Å². The Bertz CT molecular complexity index is 773. The number of nitrogens with zero attached hydrogens (tertiary/aromatic N) is 2. The fourth-order valence-corrected chi connectivity index (χ4v) is 3.31. The molecule has 0 aliphatic rings. The Labute approximate surface area is 164 Å². The molecule has 0 saturated carbocycles. The van der Waals surface area contributed by atoms with E-state index >= 15 is 0 Å². The number of hydrogen-bond acceptors (Lipinski definition) is 6. The number of hydrogen-bond donors (Lipinski definition) is 1. The van der Waals surface area contributed by atoms with Crippen LogP contribution in [0.1, 0.15) is 41.4 Å². The number of aromatic nitrogens is 2. The number of rotatable bonds is 8. The summed E-state index contributed by atoms with van der Waals surface area (Å²) in [6, 6.07) is 9.01. The molecule has 0 fully saturated rings. The van der Waals surface area contributed by atoms with Gasteiger partial charge in [0.15, 0.2) is 5.16 Å². The molecule has 1 amide bonds. The maximum Gasteiger partial charge on any atom is 0.307 e. The van der Waals surface area contributed by atoms with Crippen molar-refractivity contribution < 1.29 is 14.3 Å². The van der Waals surface area contributed by atoms with Gasteiger partial charge in [0.2, 0.25) is 5.91 Å². The van der Waals surface area contributed by atoms with Gasteiger partial charge in [0.25, 0.3) is 0 Å². The first-order chi connectivity index (χ1) is 12.9. The third-order valence-electron chi connectivity index (χ3n) is 4.32. The number of aryl methyl sites for hydroxylation is 2. The Morgan fingerprint density at radius 2 is 1.78 bits per heavy atom. The molecule has 2 rings (SSSR count). The molecule has 1 aromatic heterocycles. The number of carbonyl (C=O) groups excluding carboxylic acids is 2. The van der Waals surface area contributed by atoms with Gasteiger partial charge in [-0.15, -0.1) is 0 Å². The molecule has 1 N–H and O–H groups in total. The molecular formula is C20H25N3O3S. The molecule has 6 nitrogen and oxygen atoms in total. The molecule has 0 unspecified atom stereocenters. The van der Waals surface area contributed by atoms with E-state index in [1.165, 1.54) is 18.9 Å². The third kappa shape index (κ3) is 6.06. The molecule has 0 spiro atoms. The summed E-state index contributed by atoms with van der Waals surface area (Å²) in [5.41, 5.74) is 3.66. The van der Waals surface area contributed by atoms with Crippen molar-refractivity contribution in [2.24, 2.45) is 0 Å². The van der Waals surface area contributed by atoms with E-state index in [9.17, 15) is 9.59 Å². The second-order valence-corrected chi connectivity index (χ2v) is 6.94. The number of thioether (sulfide) groups is 1. The summed E-state index contributed by atoms with van der Waals surface area (Å²) in [7, 11) is 1.34. The largest absolute Gasteiger partial charge is 0.469 e. The van der Waals surface area contributed by atoms with Gasteiger partial charge in [0.05, 0.1) is 19.6 Å². The van der Waals surface area contributed by atoms with Crippen molar-refractivity contribution in [3.8, 4) is 0 Å². The quantitative estimate of drug-likeness (QED) is 0.426. The van der Waals surface area contributed by atoms with E-state index < -0.39 is 6.04 Å². The van der Waals surface area contributed by atoms with Crippen LogP contribution in [-0.4, -0.2) is 35.2 Å². The summed E-state index contributed by atoms with van der Waals surface area (Å²) >= 11 is 1.50. The Morgan fingerprint density at radius 3 is 2.33 bits per heavy atom. The Kier molecular flexibility index (Phi) is 7.79. The third-order valence-corrected chi connectivity index (χ3v) is 4.87. The number of nitrogens with one attached hydrogen (secondary N) is 1. The minimum absolute atomic E-state index is 0.0931. The van der Waals surface area contributed by atoms with E-state index in [0.717, 1.165) is 27.7 Å². The van der Waals surface area contributed by atoms with Gasteiger partial charge >= 0.3 is 5.97 Å². The lowest BCUT2D eigenvalue weighted by Crippen LogP contribution is -2.30. The van der Waals surface area contributed by atoms with Crippen LogP contribution in [0.2, 0.25) is 0 Å². The predicted molar refractivity (Wildman–Crippen MR) is 106 cm³/mol. The van der Waals surface area contributed by atoms with Gasteiger partial charge in [0.1, 0.15) is 0 Å². The lowest BCUT2D eigenvalue weighted by atomic mass is 10.0. The normalized spacial score (nSPS) is 11.7. The van der Waals surface area contributed by atoms with Crippen molar-refractivity contribution in [1.29, 1.82) is 0 Å². The maximum atomic E-state index is 12.5. The molecule has 27 heavy (non-hydrogen) atoms. The lowest BCUT2D eigenvalue weighted by Gasteiger charge is -2.18. The highest BCUT2D eigenvalue weighted by atomic mass is 32.2. The first-order valence-corrected chi connectivity index (χ1v) is 9.96. The molecule has 1 heterocycles. The second kappa shape index (κ2) is 10.1. The maximum absolute atomic E-state index is 12.5.